The summed E-state index contributed by atoms with van der Waals surface area (Å²) < 4.78 is 0. The second-order valence-electron chi connectivity index (χ2n) is 6.67. The summed E-state index contributed by atoms with van der Waals surface area (Å²) in [5.74, 6) is 0.609. The smallest absolute Gasteiger partial charge is 0.226 e. The highest BCUT2D eigenvalue weighted by Gasteiger charge is 2.28. The van der Waals surface area contributed by atoms with E-state index in [1.165, 1.54) is 30.6 Å². The molecule has 134 valence electrons. The number of rotatable bonds is 6. The molecule has 3 aromatic heterocycles. The Morgan fingerprint density at radius 2 is 2.12 bits per heavy atom. The molecule has 1 N–H and O–H groups in total. The van der Waals surface area contributed by atoms with Crippen LogP contribution < -0.4 is 5.32 Å². The summed E-state index contributed by atoms with van der Waals surface area (Å²) in [6.45, 7) is 0. The first-order valence-electron chi connectivity index (χ1n) is 8.97. The quantitative estimate of drug-likeness (QED) is 0.661. The van der Waals surface area contributed by atoms with Gasteiger partial charge >= 0.3 is 0 Å². The second-order valence-corrected chi connectivity index (χ2v) is 8.50. The van der Waals surface area contributed by atoms with Crippen LogP contribution in [0.15, 0.2) is 47.4 Å². The molecule has 1 fully saturated rings. The summed E-state index contributed by atoms with van der Waals surface area (Å²) in [4.78, 5) is 22.7. The van der Waals surface area contributed by atoms with E-state index in [0.717, 1.165) is 16.3 Å². The Kier molecular flexibility index (Phi) is 5.41. The molecule has 1 amide bonds. The maximum absolute atomic E-state index is 12.7. The minimum Gasteiger partial charge on any atom is -0.348 e. The molecule has 1 atom stereocenters. The molecule has 3 aromatic rings. The van der Waals surface area contributed by atoms with Crippen LogP contribution in [-0.4, -0.2) is 15.9 Å². The number of nitrogens with one attached hydrogen (secondary N) is 1. The number of carbonyl (C=O) groups excluding carboxylic acids is 1. The van der Waals surface area contributed by atoms with Gasteiger partial charge in [0, 0.05) is 28.2 Å². The number of amides is 1. The third-order valence-corrected chi connectivity index (χ3v) is 6.73. The molecule has 6 heteroatoms. The topological polar surface area (TPSA) is 54.9 Å². The van der Waals surface area contributed by atoms with Crippen LogP contribution in [0.1, 0.15) is 42.3 Å². The Balaban J connectivity index is 1.43. The first kappa shape index (κ1) is 17.4. The fourth-order valence-corrected chi connectivity index (χ4v) is 5.26. The predicted octanol–water partition coefficient (Wildman–Crippen LogP) is 4.86. The van der Waals surface area contributed by atoms with Gasteiger partial charge in [-0.1, -0.05) is 18.9 Å². The van der Waals surface area contributed by atoms with Gasteiger partial charge < -0.3 is 5.32 Å². The van der Waals surface area contributed by atoms with Crippen molar-refractivity contribution in [2.45, 2.75) is 38.1 Å². The van der Waals surface area contributed by atoms with Crippen molar-refractivity contribution in [2.75, 3.05) is 0 Å². The van der Waals surface area contributed by atoms with E-state index in [1.807, 2.05) is 17.5 Å². The molecule has 1 aliphatic carbocycles. The van der Waals surface area contributed by atoms with E-state index < -0.39 is 0 Å². The zero-order chi connectivity index (χ0) is 17.8. The standard InChI is InChI=1S/C20H21N3OS2/c24-18(11-16-13-26-20(22-16)15-7-3-9-21-12-15)23-19(14-5-1-2-6-14)17-8-4-10-25-17/h3-4,7-10,12-14,19H,1-2,5-6,11H2,(H,23,24). The van der Waals surface area contributed by atoms with Crippen LogP contribution >= 0.6 is 22.7 Å². The maximum atomic E-state index is 12.7. The number of nitrogens with zero attached hydrogens (tertiary/aromatic N) is 2. The van der Waals surface area contributed by atoms with Crippen molar-refractivity contribution < 1.29 is 4.79 Å². The third kappa shape index (κ3) is 4.02. The van der Waals surface area contributed by atoms with Gasteiger partial charge in [-0.3, -0.25) is 9.78 Å². The van der Waals surface area contributed by atoms with Crippen molar-refractivity contribution in [2.24, 2.45) is 5.92 Å². The average Bonchev–Trinajstić information content (AvgIpc) is 3.42. The molecular formula is C20H21N3OS2. The van der Waals surface area contributed by atoms with Crippen LogP contribution in [0, 0.1) is 5.92 Å². The monoisotopic (exact) mass is 383 g/mol. The molecule has 0 bridgehead atoms. The Morgan fingerprint density at radius 1 is 1.23 bits per heavy atom. The molecule has 0 saturated heterocycles. The summed E-state index contributed by atoms with van der Waals surface area (Å²) >= 11 is 3.29. The Labute approximate surface area is 161 Å². The number of thiophene rings is 1. The molecule has 26 heavy (non-hydrogen) atoms. The van der Waals surface area contributed by atoms with Crippen molar-refractivity contribution in [3.8, 4) is 10.6 Å². The van der Waals surface area contributed by atoms with E-state index in [4.69, 9.17) is 0 Å². The van der Waals surface area contributed by atoms with Gasteiger partial charge in [0.15, 0.2) is 0 Å². The summed E-state index contributed by atoms with van der Waals surface area (Å²) in [5, 5.41) is 8.25. The molecule has 3 heterocycles. The number of pyridine rings is 1. The molecule has 1 saturated carbocycles. The zero-order valence-corrected chi connectivity index (χ0v) is 16.1. The summed E-state index contributed by atoms with van der Waals surface area (Å²) in [6.07, 6.45) is 8.81. The predicted molar refractivity (Wildman–Crippen MR) is 106 cm³/mol. The fourth-order valence-electron chi connectivity index (χ4n) is 3.58. The Morgan fingerprint density at radius 3 is 2.85 bits per heavy atom. The van der Waals surface area contributed by atoms with Crippen molar-refractivity contribution in [3.63, 3.8) is 0 Å². The number of hydrogen-bond acceptors (Lipinski definition) is 5. The number of aromatic nitrogens is 2. The summed E-state index contributed by atoms with van der Waals surface area (Å²) in [5.41, 5.74) is 1.81. The van der Waals surface area contributed by atoms with E-state index >= 15 is 0 Å². The molecule has 4 nitrogen and oxygen atoms in total. The van der Waals surface area contributed by atoms with Crippen molar-refractivity contribution in [1.82, 2.24) is 15.3 Å². The van der Waals surface area contributed by atoms with Gasteiger partial charge in [-0.15, -0.1) is 22.7 Å². The molecular weight excluding hydrogens is 362 g/mol. The lowest BCUT2D eigenvalue weighted by molar-refractivity contribution is -0.121. The number of carbonyl (C=O) groups is 1. The zero-order valence-electron chi connectivity index (χ0n) is 14.4. The normalized spacial score (nSPS) is 15.8. The molecule has 0 aromatic carbocycles. The van der Waals surface area contributed by atoms with E-state index in [-0.39, 0.29) is 11.9 Å². The van der Waals surface area contributed by atoms with Crippen LogP contribution in [0.4, 0.5) is 0 Å². The minimum atomic E-state index is 0.0540. The molecule has 1 aliphatic rings. The highest BCUT2D eigenvalue weighted by Crippen LogP contribution is 2.37. The van der Waals surface area contributed by atoms with Crippen LogP contribution in [0.25, 0.3) is 10.6 Å². The number of thiazole rings is 1. The first-order valence-corrected chi connectivity index (χ1v) is 10.7. The average molecular weight is 384 g/mol. The van der Waals surface area contributed by atoms with Gasteiger partial charge in [0.2, 0.25) is 5.91 Å². The van der Waals surface area contributed by atoms with E-state index in [9.17, 15) is 4.79 Å². The van der Waals surface area contributed by atoms with Gasteiger partial charge in [-0.2, -0.15) is 0 Å². The molecule has 0 radical (unpaired) electrons. The van der Waals surface area contributed by atoms with Crippen molar-refractivity contribution >= 4 is 28.6 Å². The third-order valence-electron chi connectivity index (χ3n) is 4.84. The lowest BCUT2D eigenvalue weighted by Gasteiger charge is -2.23. The maximum Gasteiger partial charge on any atom is 0.226 e. The van der Waals surface area contributed by atoms with Crippen molar-refractivity contribution in [3.05, 3.63) is 58.0 Å². The molecule has 0 spiro atoms. The van der Waals surface area contributed by atoms with Crippen LogP contribution in [0.2, 0.25) is 0 Å². The van der Waals surface area contributed by atoms with Crippen molar-refractivity contribution in [1.29, 1.82) is 0 Å². The Bertz CT molecular complexity index is 839. The largest absolute Gasteiger partial charge is 0.348 e. The van der Waals surface area contributed by atoms with E-state index in [1.54, 1.807) is 35.1 Å². The van der Waals surface area contributed by atoms with Gasteiger partial charge in [0.05, 0.1) is 18.2 Å². The summed E-state index contributed by atoms with van der Waals surface area (Å²) in [6, 6.07) is 8.23. The number of hydrogen-bond donors (Lipinski definition) is 1. The van der Waals surface area contributed by atoms with Gasteiger partial charge in [0.25, 0.3) is 0 Å². The van der Waals surface area contributed by atoms with Gasteiger partial charge in [-0.25, -0.2) is 4.98 Å². The van der Waals surface area contributed by atoms with Crippen LogP contribution in [-0.2, 0) is 11.2 Å². The highest BCUT2D eigenvalue weighted by atomic mass is 32.1. The fraction of sp³-hybridized carbons (Fsp3) is 0.350. The summed E-state index contributed by atoms with van der Waals surface area (Å²) in [7, 11) is 0. The lowest BCUT2D eigenvalue weighted by atomic mass is 9.96. The van der Waals surface area contributed by atoms with Crippen LogP contribution in [0.3, 0.4) is 0 Å². The molecule has 0 aliphatic heterocycles. The van der Waals surface area contributed by atoms with Gasteiger partial charge in [0.1, 0.15) is 5.01 Å². The molecule has 1 unspecified atom stereocenters. The van der Waals surface area contributed by atoms with Crippen LogP contribution in [0.5, 0.6) is 0 Å². The van der Waals surface area contributed by atoms with E-state index in [2.05, 4.69) is 32.8 Å². The van der Waals surface area contributed by atoms with Gasteiger partial charge in [-0.05, 0) is 42.3 Å². The second kappa shape index (κ2) is 8.10. The SMILES string of the molecule is O=C(Cc1csc(-c2cccnc2)n1)NC(c1cccs1)C1CCCC1. The first-order chi connectivity index (χ1) is 12.8. The van der Waals surface area contributed by atoms with E-state index in [0.29, 0.717) is 12.3 Å². The Hall–Kier alpha value is -2.05. The lowest BCUT2D eigenvalue weighted by Crippen LogP contribution is -2.33. The highest BCUT2D eigenvalue weighted by molar-refractivity contribution is 7.13. The molecule has 4 rings (SSSR count). The minimum absolute atomic E-state index is 0.0540.